The van der Waals surface area contributed by atoms with Gasteiger partial charge in [0.05, 0.1) is 11.1 Å². The third-order valence-corrected chi connectivity index (χ3v) is 6.07. The number of hydrogen-bond donors (Lipinski definition) is 0. The number of furan rings is 1. The van der Waals surface area contributed by atoms with Crippen molar-refractivity contribution >= 4 is 11.6 Å². The third kappa shape index (κ3) is 3.89. The molecule has 0 atom stereocenters. The Bertz CT molecular complexity index is 1050. The van der Waals surface area contributed by atoms with Crippen LogP contribution < -0.4 is 0 Å². The van der Waals surface area contributed by atoms with E-state index in [0.29, 0.717) is 22.6 Å². The van der Waals surface area contributed by atoms with Crippen LogP contribution in [-0.4, -0.2) is 11.6 Å². The van der Waals surface area contributed by atoms with Gasteiger partial charge < -0.3 is 4.42 Å². The monoisotopic (exact) mass is 414 g/mol. The summed E-state index contributed by atoms with van der Waals surface area (Å²) in [6, 6.07) is 16.2. The van der Waals surface area contributed by atoms with Gasteiger partial charge in [-0.25, -0.2) is 0 Å². The minimum atomic E-state index is -0.0224. The molecule has 31 heavy (non-hydrogen) atoms. The van der Waals surface area contributed by atoms with E-state index >= 15 is 0 Å². The molecule has 3 nitrogen and oxygen atoms in total. The number of fused-ring (bicyclic) bond motifs is 1. The lowest BCUT2D eigenvalue weighted by molar-refractivity contribution is 0.0892. The number of ketones is 2. The molecule has 1 aliphatic carbocycles. The van der Waals surface area contributed by atoms with E-state index in [2.05, 4.69) is 65.8 Å². The zero-order valence-corrected chi connectivity index (χ0v) is 19.3. The summed E-state index contributed by atoms with van der Waals surface area (Å²) in [6.07, 6.45) is 0.474. The number of rotatable bonds is 2. The molecule has 0 N–H and O–H groups in total. The SMILES string of the molecule is CC(C)(C)c1ccc(-c2oc(-c3ccc(C(C)(C)C)cc3)c3c2C(=O)CCC3=O)cc1. The van der Waals surface area contributed by atoms with Crippen LogP contribution >= 0.6 is 0 Å². The van der Waals surface area contributed by atoms with Gasteiger partial charge in [0.2, 0.25) is 0 Å². The maximum absolute atomic E-state index is 12.9. The molecule has 0 saturated heterocycles. The van der Waals surface area contributed by atoms with Crippen LogP contribution in [0.25, 0.3) is 22.6 Å². The molecule has 1 aromatic heterocycles. The first-order valence-corrected chi connectivity index (χ1v) is 10.9. The number of carbonyl (C=O) groups excluding carboxylic acids is 2. The largest absolute Gasteiger partial charge is 0.455 e. The molecule has 0 bridgehead atoms. The van der Waals surface area contributed by atoms with Crippen molar-refractivity contribution in [3.8, 4) is 22.6 Å². The van der Waals surface area contributed by atoms with Crippen molar-refractivity contribution < 1.29 is 14.0 Å². The van der Waals surface area contributed by atoms with E-state index < -0.39 is 0 Å². The van der Waals surface area contributed by atoms with E-state index in [9.17, 15) is 9.59 Å². The lowest BCUT2D eigenvalue weighted by Gasteiger charge is -2.19. The Morgan fingerprint density at radius 1 is 0.581 bits per heavy atom. The predicted octanol–water partition coefficient (Wildman–Crippen LogP) is 7.37. The lowest BCUT2D eigenvalue weighted by atomic mass is 9.84. The van der Waals surface area contributed by atoms with Gasteiger partial charge in [0, 0.05) is 24.0 Å². The second-order valence-electron chi connectivity index (χ2n) is 10.5. The van der Waals surface area contributed by atoms with E-state index in [4.69, 9.17) is 4.42 Å². The van der Waals surface area contributed by atoms with Gasteiger partial charge in [-0.1, -0.05) is 90.1 Å². The van der Waals surface area contributed by atoms with Gasteiger partial charge in [-0.15, -0.1) is 0 Å². The van der Waals surface area contributed by atoms with Crippen molar-refractivity contribution in [1.82, 2.24) is 0 Å². The minimum absolute atomic E-state index is 0.0224. The number of Topliss-reactive ketones (excluding diaryl/α,β-unsaturated/α-hetero) is 2. The highest BCUT2D eigenvalue weighted by molar-refractivity contribution is 6.19. The number of carbonyl (C=O) groups is 2. The molecule has 1 heterocycles. The molecule has 0 unspecified atom stereocenters. The first-order chi connectivity index (χ1) is 14.5. The van der Waals surface area contributed by atoms with E-state index in [1.54, 1.807) is 0 Å². The Morgan fingerprint density at radius 2 is 0.903 bits per heavy atom. The van der Waals surface area contributed by atoms with Crippen molar-refractivity contribution in [2.75, 3.05) is 0 Å². The van der Waals surface area contributed by atoms with Gasteiger partial charge in [0.15, 0.2) is 11.6 Å². The first-order valence-electron chi connectivity index (χ1n) is 10.9. The van der Waals surface area contributed by atoms with Crippen molar-refractivity contribution in [3.05, 3.63) is 70.8 Å². The molecule has 3 heteroatoms. The van der Waals surface area contributed by atoms with E-state index in [-0.39, 0.29) is 35.2 Å². The molecule has 1 aliphatic rings. The summed E-state index contributed by atoms with van der Waals surface area (Å²) in [6.45, 7) is 13.0. The van der Waals surface area contributed by atoms with Crippen LogP contribution in [0.2, 0.25) is 0 Å². The van der Waals surface area contributed by atoms with Gasteiger partial charge in [-0.2, -0.15) is 0 Å². The summed E-state index contributed by atoms with van der Waals surface area (Å²) in [5, 5.41) is 0. The number of hydrogen-bond acceptors (Lipinski definition) is 3. The lowest BCUT2D eigenvalue weighted by Crippen LogP contribution is -2.16. The van der Waals surface area contributed by atoms with Crippen molar-refractivity contribution in [3.63, 3.8) is 0 Å². The Balaban J connectivity index is 1.87. The molecule has 160 valence electrons. The van der Waals surface area contributed by atoms with Crippen LogP contribution in [0.15, 0.2) is 52.9 Å². The van der Waals surface area contributed by atoms with Crippen LogP contribution in [0.4, 0.5) is 0 Å². The highest BCUT2D eigenvalue weighted by Crippen LogP contribution is 2.41. The molecule has 0 amide bonds. The fourth-order valence-electron chi connectivity index (χ4n) is 4.09. The molecule has 2 aromatic carbocycles. The van der Waals surface area contributed by atoms with E-state index in [1.165, 1.54) is 11.1 Å². The Hall–Kier alpha value is -2.94. The number of benzene rings is 2. The molecule has 0 aliphatic heterocycles. The third-order valence-electron chi connectivity index (χ3n) is 6.07. The van der Waals surface area contributed by atoms with Crippen LogP contribution in [0.1, 0.15) is 86.2 Å². The minimum Gasteiger partial charge on any atom is -0.455 e. The summed E-state index contributed by atoms with van der Waals surface area (Å²) in [5.41, 5.74) is 5.01. The molecule has 4 rings (SSSR count). The summed E-state index contributed by atoms with van der Waals surface area (Å²) < 4.78 is 6.29. The zero-order chi connectivity index (χ0) is 22.6. The fourth-order valence-corrected chi connectivity index (χ4v) is 4.09. The van der Waals surface area contributed by atoms with Gasteiger partial charge in [0.25, 0.3) is 0 Å². The van der Waals surface area contributed by atoms with Crippen LogP contribution in [-0.2, 0) is 10.8 Å². The highest BCUT2D eigenvalue weighted by Gasteiger charge is 2.34. The average Bonchev–Trinajstić information content (AvgIpc) is 3.12. The van der Waals surface area contributed by atoms with Gasteiger partial charge >= 0.3 is 0 Å². The van der Waals surface area contributed by atoms with Crippen molar-refractivity contribution in [1.29, 1.82) is 0 Å². The topological polar surface area (TPSA) is 47.3 Å². The zero-order valence-electron chi connectivity index (χ0n) is 19.3. The van der Waals surface area contributed by atoms with Gasteiger partial charge in [0.1, 0.15) is 11.5 Å². The van der Waals surface area contributed by atoms with E-state index in [1.807, 2.05) is 24.3 Å². The molecule has 0 fully saturated rings. The normalized spacial score (nSPS) is 14.6. The molecule has 3 aromatic rings. The summed E-state index contributed by atoms with van der Waals surface area (Å²) >= 11 is 0. The van der Waals surface area contributed by atoms with E-state index in [0.717, 1.165) is 11.1 Å². The van der Waals surface area contributed by atoms with Gasteiger partial charge in [-0.05, 0) is 22.0 Å². The van der Waals surface area contributed by atoms with Crippen molar-refractivity contribution in [2.24, 2.45) is 0 Å². The molecule has 0 saturated carbocycles. The Morgan fingerprint density at radius 3 is 1.19 bits per heavy atom. The second kappa shape index (κ2) is 7.33. The van der Waals surface area contributed by atoms with Crippen LogP contribution in [0.3, 0.4) is 0 Å². The molecular weight excluding hydrogens is 384 g/mol. The highest BCUT2D eigenvalue weighted by atomic mass is 16.3. The second-order valence-corrected chi connectivity index (χ2v) is 10.5. The summed E-state index contributed by atoms with van der Waals surface area (Å²) in [7, 11) is 0. The first kappa shape index (κ1) is 21.3. The average molecular weight is 415 g/mol. The fraction of sp³-hybridized carbons (Fsp3) is 0.357. The maximum atomic E-state index is 12.9. The summed E-state index contributed by atoms with van der Waals surface area (Å²) in [4.78, 5) is 25.7. The Labute approximate surface area is 184 Å². The molecule has 0 spiro atoms. The van der Waals surface area contributed by atoms with Crippen LogP contribution in [0.5, 0.6) is 0 Å². The maximum Gasteiger partial charge on any atom is 0.167 e. The molecular formula is C28H30O3. The smallest absolute Gasteiger partial charge is 0.167 e. The Kier molecular flexibility index (Phi) is 5.04. The quantitative estimate of drug-likeness (QED) is 0.440. The summed E-state index contributed by atoms with van der Waals surface area (Å²) in [5.74, 6) is 0.962. The predicted molar refractivity (Wildman–Crippen MR) is 125 cm³/mol. The standard InChI is InChI=1S/C28H30O3/c1-27(2,3)19-11-7-17(8-12-19)25-23-21(29)15-16-22(30)24(23)26(31-25)18-9-13-20(14-10-18)28(4,5)6/h7-14H,15-16H2,1-6H3. The van der Waals surface area contributed by atoms with Gasteiger partial charge in [-0.3, -0.25) is 9.59 Å². The van der Waals surface area contributed by atoms with Crippen LogP contribution in [0, 0.1) is 0 Å². The van der Waals surface area contributed by atoms with Crippen molar-refractivity contribution in [2.45, 2.75) is 65.2 Å². The molecule has 0 radical (unpaired) electrons.